The van der Waals surface area contributed by atoms with E-state index < -0.39 is 0 Å². The van der Waals surface area contributed by atoms with Crippen LogP contribution in [0, 0.1) is 0 Å². The molecule has 5 aromatic rings. The molecule has 4 aromatic carbocycles. The summed E-state index contributed by atoms with van der Waals surface area (Å²) in [5, 5.41) is 9.11. The van der Waals surface area contributed by atoms with E-state index in [1.165, 1.54) is 0 Å². The average molecular weight is 392 g/mol. The monoisotopic (exact) mass is 392 g/mol. The van der Waals surface area contributed by atoms with E-state index in [-0.39, 0.29) is 0 Å². The van der Waals surface area contributed by atoms with Gasteiger partial charge in [0, 0.05) is 28.4 Å². The van der Waals surface area contributed by atoms with Crippen molar-refractivity contribution in [2.45, 2.75) is 0 Å². The molecule has 146 valence electrons. The minimum absolute atomic E-state index is 0.699. The van der Waals surface area contributed by atoms with Gasteiger partial charge in [-0.3, -0.25) is 0 Å². The third kappa shape index (κ3) is 3.31. The van der Waals surface area contributed by atoms with E-state index in [0.717, 1.165) is 33.8 Å². The fourth-order valence-corrected chi connectivity index (χ4v) is 3.49. The molecule has 0 amide bonds. The van der Waals surface area contributed by atoms with E-state index in [1.54, 1.807) is 4.80 Å². The van der Waals surface area contributed by atoms with Crippen molar-refractivity contribution in [1.29, 1.82) is 0 Å². The maximum absolute atomic E-state index is 6.05. The molecule has 0 aliphatic heterocycles. The Kier molecular flexibility index (Phi) is 4.29. The van der Waals surface area contributed by atoms with Gasteiger partial charge in [0.05, 0.1) is 5.69 Å². The largest absolute Gasteiger partial charge is 0.399 e. The number of nitrogens with two attached hydrogens (primary N) is 2. The van der Waals surface area contributed by atoms with Gasteiger partial charge in [-0.25, -0.2) is 0 Å². The van der Waals surface area contributed by atoms with E-state index in [2.05, 4.69) is 15.1 Å². The lowest BCUT2D eigenvalue weighted by atomic mass is 10.1. The highest BCUT2D eigenvalue weighted by molar-refractivity contribution is 5.79. The maximum Gasteiger partial charge on any atom is 0.113 e. The van der Waals surface area contributed by atoms with Crippen LogP contribution in [0.25, 0.3) is 16.7 Å². The molecule has 30 heavy (non-hydrogen) atoms. The summed E-state index contributed by atoms with van der Waals surface area (Å²) in [6.45, 7) is 0. The molecular weight excluding hydrogens is 372 g/mol. The number of aromatic nitrogens is 3. The summed E-state index contributed by atoms with van der Waals surface area (Å²) >= 11 is 0. The second-order valence-electron chi connectivity index (χ2n) is 7.02. The molecule has 1 heterocycles. The molecular formula is C24H20N6. The molecule has 0 bridgehead atoms. The van der Waals surface area contributed by atoms with Crippen molar-refractivity contribution in [1.82, 2.24) is 15.0 Å². The molecule has 0 radical (unpaired) electrons. The Labute approximate surface area is 174 Å². The number of nitrogens with zero attached hydrogens (tertiary/aromatic N) is 4. The van der Waals surface area contributed by atoms with Crippen LogP contribution in [0.5, 0.6) is 0 Å². The summed E-state index contributed by atoms with van der Waals surface area (Å²) in [5.74, 6) is 0. The molecule has 0 saturated carbocycles. The highest BCUT2D eigenvalue weighted by Gasteiger charge is 2.13. The first-order valence-corrected chi connectivity index (χ1v) is 9.61. The van der Waals surface area contributed by atoms with Gasteiger partial charge in [0.15, 0.2) is 0 Å². The molecule has 1 aromatic heterocycles. The zero-order chi connectivity index (χ0) is 20.5. The van der Waals surface area contributed by atoms with Gasteiger partial charge in [-0.05, 0) is 72.8 Å². The molecule has 0 saturated heterocycles. The third-order valence-corrected chi connectivity index (χ3v) is 4.88. The molecule has 0 fully saturated rings. The number of fused-ring (bicyclic) bond motifs is 1. The predicted octanol–water partition coefficient (Wildman–Crippen LogP) is 5.05. The fraction of sp³-hybridized carbons (Fsp3) is 0. The van der Waals surface area contributed by atoms with Crippen LogP contribution in [0.15, 0.2) is 97.1 Å². The number of hydrogen-bond donors (Lipinski definition) is 2. The number of rotatable bonds is 4. The van der Waals surface area contributed by atoms with Gasteiger partial charge < -0.3 is 16.4 Å². The van der Waals surface area contributed by atoms with Crippen LogP contribution in [0.2, 0.25) is 0 Å². The molecule has 0 aliphatic carbocycles. The SMILES string of the molecule is Nc1cccc(N(c2ccc(-n3nc4ccccc4n3)cc2)c2cccc(N)c2)c1. The topological polar surface area (TPSA) is 86.0 Å². The molecule has 6 heteroatoms. The zero-order valence-corrected chi connectivity index (χ0v) is 16.2. The van der Waals surface area contributed by atoms with Crippen LogP contribution in [0.1, 0.15) is 0 Å². The first-order valence-electron chi connectivity index (χ1n) is 9.61. The highest BCUT2D eigenvalue weighted by Crippen LogP contribution is 2.36. The second-order valence-corrected chi connectivity index (χ2v) is 7.02. The van der Waals surface area contributed by atoms with Crippen LogP contribution in [0.4, 0.5) is 28.4 Å². The maximum atomic E-state index is 6.05. The van der Waals surface area contributed by atoms with E-state index in [1.807, 2.05) is 97.1 Å². The molecule has 0 unspecified atom stereocenters. The molecule has 4 N–H and O–H groups in total. The smallest absolute Gasteiger partial charge is 0.113 e. The van der Waals surface area contributed by atoms with Crippen molar-refractivity contribution < 1.29 is 0 Å². The van der Waals surface area contributed by atoms with Crippen LogP contribution in [-0.2, 0) is 0 Å². The minimum Gasteiger partial charge on any atom is -0.399 e. The summed E-state index contributed by atoms with van der Waals surface area (Å²) in [6.07, 6.45) is 0. The predicted molar refractivity (Wildman–Crippen MR) is 122 cm³/mol. The number of nitrogen functional groups attached to an aromatic ring is 2. The van der Waals surface area contributed by atoms with Gasteiger partial charge in [-0.2, -0.15) is 4.80 Å². The Morgan fingerprint density at radius 1 is 0.567 bits per heavy atom. The lowest BCUT2D eigenvalue weighted by Crippen LogP contribution is -2.11. The van der Waals surface area contributed by atoms with Crippen molar-refractivity contribution in [2.75, 3.05) is 16.4 Å². The van der Waals surface area contributed by atoms with Crippen LogP contribution < -0.4 is 16.4 Å². The van der Waals surface area contributed by atoms with Crippen molar-refractivity contribution in [3.05, 3.63) is 97.1 Å². The molecule has 6 nitrogen and oxygen atoms in total. The lowest BCUT2D eigenvalue weighted by molar-refractivity contribution is 0.766. The quantitative estimate of drug-likeness (QED) is 0.418. The van der Waals surface area contributed by atoms with Crippen molar-refractivity contribution in [3.63, 3.8) is 0 Å². The Morgan fingerprint density at radius 2 is 1.10 bits per heavy atom. The van der Waals surface area contributed by atoms with Crippen LogP contribution in [-0.4, -0.2) is 15.0 Å². The third-order valence-electron chi connectivity index (χ3n) is 4.88. The van der Waals surface area contributed by atoms with Crippen LogP contribution in [0.3, 0.4) is 0 Å². The van der Waals surface area contributed by atoms with Gasteiger partial charge >= 0.3 is 0 Å². The number of hydrogen-bond acceptors (Lipinski definition) is 5. The molecule has 0 spiro atoms. The summed E-state index contributed by atoms with van der Waals surface area (Å²) in [5.41, 5.74) is 19.0. The van der Waals surface area contributed by atoms with Gasteiger partial charge in [-0.1, -0.05) is 24.3 Å². The van der Waals surface area contributed by atoms with Crippen molar-refractivity contribution in [2.24, 2.45) is 0 Å². The van der Waals surface area contributed by atoms with Crippen molar-refractivity contribution >= 4 is 39.5 Å². The highest BCUT2D eigenvalue weighted by atomic mass is 15.5. The van der Waals surface area contributed by atoms with Crippen molar-refractivity contribution in [3.8, 4) is 5.69 Å². The van der Waals surface area contributed by atoms with E-state index in [4.69, 9.17) is 11.5 Å². The second kappa shape index (κ2) is 7.25. The Bertz CT molecular complexity index is 1240. The van der Waals surface area contributed by atoms with Gasteiger partial charge in [0.2, 0.25) is 0 Å². The Morgan fingerprint density at radius 3 is 1.60 bits per heavy atom. The molecule has 5 rings (SSSR count). The minimum atomic E-state index is 0.699. The lowest BCUT2D eigenvalue weighted by Gasteiger charge is -2.26. The molecule has 0 atom stereocenters. The normalized spacial score (nSPS) is 10.9. The Balaban J connectivity index is 1.57. The molecule has 0 aliphatic rings. The standard InChI is InChI=1S/C24H20N6/c25-17-5-3-7-21(15-17)29(22-8-4-6-18(26)16-22)19-11-13-20(14-12-19)30-27-23-9-1-2-10-24(23)28-30/h1-16H,25-26H2. The first kappa shape index (κ1) is 17.8. The van der Waals surface area contributed by atoms with E-state index >= 15 is 0 Å². The van der Waals surface area contributed by atoms with Gasteiger partial charge in [0.25, 0.3) is 0 Å². The van der Waals surface area contributed by atoms with Crippen LogP contribution >= 0.6 is 0 Å². The summed E-state index contributed by atoms with van der Waals surface area (Å²) < 4.78 is 0. The summed E-state index contributed by atoms with van der Waals surface area (Å²) in [7, 11) is 0. The van der Waals surface area contributed by atoms with Gasteiger partial charge in [-0.15, -0.1) is 10.2 Å². The summed E-state index contributed by atoms with van der Waals surface area (Å²) in [6, 6.07) is 31.5. The Hall–Kier alpha value is -4.32. The van der Waals surface area contributed by atoms with E-state index in [9.17, 15) is 0 Å². The summed E-state index contributed by atoms with van der Waals surface area (Å²) in [4.78, 5) is 3.77. The zero-order valence-electron chi connectivity index (χ0n) is 16.2. The first-order chi connectivity index (χ1) is 14.7. The van der Waals surface area contributed by atoms with E-state index in [0.29, 0.717) is 11.4 Å². The van der Waals surface area contributed by atoms with Gasteiger partial charge in [0.1, 0.15) is 11.0 Å². The average Bonchev–Trinajstić information content (AvgIpc) is 3.19. The fourth-order valence-electron chi connectivity index (χ4n) is 3.49. The number of anilines is 5. The number of benzene rings is 4.